The van der Waals surface area contributed by atoms with E-state index in [1.165, 1.54) is 0 Å². The van der Waals surface area contributed by atoms with E-state index in [0.717, 1.165) is 0 Å². The fourth-order valence-electron chi connectivity index (χ4n) is 2.28. The van der Waals surface area contributed by atoms with Crippen LogP contribution in [0.5, 0.6) is 0 Å². The summed E-state index contributed by atoms with van der Waals surface area (Å²) in [6, 6.07) is -0.00277. The van der Waals surface area contributed by atoms with Crippen LogP contribution in [0.25, 0.3) is 0 Å². The minimum absolute atomic E-state index is 0.00277. The van der Waals surface area contributed by atoms with Gasteiger partial charge in [0.2, 0.25) is 0 Å². The Morgan fingerprint density at radius 1 is 1.37 bits per heavy atom. The summed E-state index contributed by atoms with van der Waals surface area (Å²) < 4.78 is 0. The van der Waals surface area contributed by atoms with Gasteiger partial charge in [0.1, 0.15) is 5.56 Å². The van der Waals surface area contributed by atoms with Crippen LogP contribution in [0, 0.1) is 19.3 Å². The molecule has 0 spiro atoms. The highest BCUT2D eigenvalue weighted by Gasteiger charge is 2.47. The van der Waals surface area contributed by atoms with E-state index < -0.39 is 5.97 Å². The number of hydrogen-bond donors (Lipinski definition) is 3. The molecule has 2 rings (SSSR count). The Bertz CT molecular complexity index is 528. The Hall–Kier alpha value is -1.69. The van der Waals surface area contributed by atoms with E-state index in [1.807, 2.05) is 13.8 Å². The lowest BCUT2D eigenvalue weighted by Gasteiger charge is -2.49. The first-order chi connectivity index (χ1) is 8.75. The summed E-state index contributed by atoms with van der Waals surface area (Å²) in [4.78, 5) is 11.4. The van der Waals surface area contributed by atoms with Gasteiger partial charge in [-0.05, 0) is 25.8 Å². The average molecular weight is 265 g/mol. The van der Waals surface area contributed by atoms with Crippen molar-refractivity contribution in [1.29, 1.82) is 0 Å². The van der Waals surface area contributed by atoms with Crippen molar-refractivity contribution in [2.24, 2.45) is 5.41 Å². The summed E-state index contributed by atoms with van der Waals surface area (Å²) >= 11 is 0. The van der Waals surface area contributed by atoms with E-state index in [0.29, 0.717) is 17.7 Å². The first-order valence-corrected chi connectivity index (χ1v) is 6.27. The van der Waals surface area contributed by atoms with Gasteiger partial charge < -0.3 is 15.5 Å². The van der Waals surface area contributed by atoms with Crippen LogP contribution in [0.1, 0.15) is 41.9 Å². The van der Waals surface area contributed by atoms with Crippen LogP contribution in [0.15, 0.2) is 0 Å². The van der Waals surface area contributed by atoms with E-state index in [-0.39, 0.29) is 28.9 Å². The van der Waals surface area contributed by atoms with Crippen molar-refractivity contribution in [3.63, 3.8) is 0 Å². The van der Waals surface area contributed by atoms with Gasteiger partial charge >= 0.3 is 5.97 Å². The van der Waals surface area contributed by atoms with Crippen LogP contribution in [-0.4, -0.2) is 38.5 Å². The number of aliphatic hydroxyl groups excluding tert-OH is 1. The average Bonchev–Trinajstić information content (AvgIpc) is 2.33. The second-order valence-electron chi connectivity index (χ2n) is 5.71. The maximum atomic E-state index is 11.4. The molecule has 1 aromatic rings. The van der Waals surface area contributed by atoms with Crippen LogP contribution < -0.4 is 5.32 Å². The molecular formula is C13H19N3O3. The zero-order chi connectivity index (χ0) is 14.4. The van der Waals surface area contributed by atoms with E-state index in [9.17, 15) is 15.0 Å². The Labute approximate surface area is 111 Å². The fourth-order valence-corrected chi connectivity index (χ4v) is 2.28. The number of nitrogens with zero attached hydrogens (tertiary/aromatic N) is 2. The highest BCUT2D eigenvalue weighted by atomic mass is 16.4. The number of carbonyl (C=O) groups is 1. The van der Waals surface area contributed by atoms with Crippen LogP contribution >= 0.6 is 0 Å². The van der Waals surface area contributed by atoms with Crippen molar-refractivity contribution in [3.05, 3.63) is 16.8 Å². The molecule has 1 saturated carbocycles. The second-order valence-corrected chi connectivity index (χ2v) is 5.71. The highest BCUT2D eigenvalue weighted by molar-refractivity contribution is 5.94. The number of anilines is 1. The molecule has 3 N–H and O–H groups in total. The number of nitrogens with one attached hydrogen (secondary N) is 1. The number of aryl methyl sites for hydroxylation is 1. The normalized spacial score (nSPS) is 24.7. The number of hydrogen-bond acceptors (Lipinski definition) is 5. The molecule has 6 heteroatoms. The van der Waals surface area contributed by atoms with Gasteiger partial charge in [-0.2, -0.15) is 5.10 Å². The highest BCUT2D eigenvalue weighted by Crippen LogP contribution is 2.42. The minimum Gasteiger partial charge on any atom is -0.478 e. The van der Waals surface area contributed by atoms with Gasteiger partial charge in [0.15, 0.2) is 5.82 Å². The standard InChI is InChI=1S/C13H19N3O3/c1-6-7(2)15-16-11(10(6)12(18)19)14-8-5-9(17)13(8,3)4/h8-9,17H,5H2,1-4H3,(H,14,16)(H,18,19). The summed E-state index contributed by atoms with van der Waals surface area (Å²) in [5.41, 5.74) is 1.08. The number of rotatable bonds is 3. The second kappa shape index (κ2) is 4.45. The molecule has 0 aliphatic heterocycles. The molecular weight excluding hydrogens is 246 g/mol. The summed E-state index contributed by atoms with van der Waals surface area (Å²) in [7, 11) is 0. The van der Waals surface area contributed by atoms with Gasteiger partial charge in [0.05, 0.1) is 11.8 Å². The SMILES string of the molecule is Cc1nnc(NC2CC(O)C2(C)C)c(C(=O)O)c1C. The largest absolute Gasteiger partial charge is 0.478 e. The van der Waals surface area contributed by atoms with Gasteiger partial charge in [0, 0.05) is 11.5 Å². The third kappa shape index (κ3) is 2.16. The van der Waals surface area contributed by atoms with Crippen LogP contribution in [0.3, 0.4) is 0 Å². The molecule has 1 heterocycles. The van der Waals surface area contributed by atoms with Gasteiger partial charge in [-0.25, -0.2) is 4.79 Å². The van der Waals surface area contributed by atoms with Gasteiger partial charge in [0.25, 0.3) is 0 Å². The van der Waals surface area contributed by atoms with Crippen LogP contribution in [0.2, 0.25) is 0 Å². The Morgan fingerprint density at radius 3 is 2.47 bits per heavy atom. The molecule has 19 heavy (non-hydrogen) atoms. The number of aliphatic hydroxyl groups is 1. The van der Waals surface area contributed by atoms with E-state index >= 15 is 0 Å². The van der Waals surface area contributed by atoms with Gasteiger partial charge in [-0.3, -0.25) is 0 Å². The molecule has 1 aliphatic carbocycles. The van der Waals surface area contributed by atoms with Crippen molar-refractivity contribution >= 4 is 11.8 Å². The fraction of sp³-hybridized carbons (Fsp3) is 0.615. The smallest absolute Gasteiger partial charge is 0.339 e. The predicted octanol–water partition coefficient (Wildman–Crippen LogP) is 1.36. The summed E-state index contributed by atoms with van der Waals surface area (Å²) in [6.07, 6.45) is 0.207. The van der Waals surface area contributed by atoms with Gasteiger partial charge in [-0.1, -0.05) is 13.8 Å². The van der Waals surface area contributed by atoms with Crippen molar-refractivity contribution in [3.8, 4) is 0 Å². The Kier molecular flexibility index (Phi) is 3.22. The third-order valence-corrected chi connectivity index (χ3v) is 4.20. The molecule has 1 fully saturated rings. The number of aromatic carboxylic acids is 1. The van der Waals surface area contributed by atoms with Crippen LogP contribution in [-0.2, 0) is 0 Å². The molecule has 1 aliphatic rings. The maximum absolute atomic E-state index is 11.4. The molecule has 0 aromatic carbocycles. The third-order valence-electron chi connectivity index (χ3n) is 4.20. The number of aromatic nitrogens is 2. The van der Waals surface area contributed by atoms with Gasteiger partial charge in [-0.15, -0.1) is 5.10 Å². The molecule has 0 radical (unpaired) electrons. The van der Waals surface area contributed by atoms with E-state index in [1.54, 1.807) is 13.8 Å². The lowest BCUT2D eigenvalue weighted by Crippen LogP contribution is -2.57. The first kappa shape index (κ1) is 13.7. The molecule has 0 bridgehead atoms. The van der Waals surface area contributed by atoms with E-state index in [2.05, 4.69) is 15.5 Å². The maximum Gasteiger partial charge on any atom is 0.339 e. The number of carboxylic acid groups (broad SMARTS) is 1. The van der Waals surface area contributed by atoms with Crippen molar-refractivity contribution in [2.75, 3.05) is 5.32 Å². The lowest BCUT2D eigenvalue weighted by atomic mass is 9.64. The van der Waals surface area contributed by atoms with Crippen molar-refractivity contribution in [2.45, 2.75) is 46.3 Å². The molecule has 104 valence electrons. The molecule has 0 saturated heterocycles. The summed E-state index contributed by atoms with van der Waals surface area (Å²) in [5, 5.41) is 30.0. The lowest BCUT2D eigenvalue weighted by molar-refractivity contribution is -0.0512. The summed E-state index contributed by atoms with van der Waals surface area (Å²) in [5.74, 6) is -0.740. The molecule has 2 atom stereocenters. The molecule has 2 unspecified atom stereocenters. The molecule has 6 nitrogen and oxygen atoms in total. The Balaban J connectivity index is 2.32. The van der Waals surface area contributed by atoms with Crippen molar-refractivity contribution < 1.29 is 15.0 Å². The van der Waals surface area contributed by atoms with Crippen LogP contribution in [0.4, 0.5) is 5.82 Å². The Morgan fingerprint density at radius 2 is 2.00 bits per heavy atom. The van der Waals surface area contributed by atoms with Crippen molar-refractivity contribution in [1.82, 2.24) is 10.2 Å². The summed E-state index contributed by atoms with van der Waals surface area (Å²) in [6.45, 7) is 7.33. The quantitative estimate of drug-likeness (QED) is 0.764. The predicted molar refractivity (Wildman–Crippen MR) is 70.3 cm³/mol. The molecule has 1 aromatic heterocycles. The molecule has 0 amide bonds. The zero-order valence-corrected chi connectivity index (χ0v) is 11.6. The monoisotopic (exact) mass is 265 g/mol. The van der Waals surface area contributed by atoms with E-state index in [4.69, 9.17) is 0 Å². The topological polar surface area (TPSA) is 95.3 Å². The number of carboxylic acids is 1. The minimum atomic E-state index is -1.02. The first-order valence-electron chi connectivity index (χ1n) is 6.27. The zero-order valence-electron chi connectivity index (χ0n) is 11.6.